The molecular weight excluding hydrogens is 285 g/mol. The second kappa shape index (κ2) is 4.52. The number of nitrogen functional groups attached to an aromatic ring is 1. The predicted octanol–water partition coefficient (Wildman–Crippen LogP) is 3.10. The minimum Gasteiger partial charge on any atom is -0.384 e. The first kappa shape index (κ1) is 11.6. The van der Waals surface area contributed by atoms with Gasteiger partial charge in [-0.25, -0.2) is 9.37 Å². The van der Waals surface area contributed by atoms with E-state index in [2.05, 4.69) is 20.9 Å². The van der Waals surface area contributed by atoms with Gasteiger partial charge in [-0.15, -0.1) is 0 Å². The molecule has 5 heteroatoms. The quantitative estimate of drug-likeness (QED) is 0.878. The molecule has 84 valence electrons. The minimum atomic E-state index is -0.325. The zero-order valence-electron chi connectivity index (χ0n) is 8.61. The normalized spacial score (nSPS) is 9.94. The molecule has 1 heterocycles. The van der Waals surface area contributed by atoms with Gasteiger partial charge in [-0.1, -0.05) is 0 Å². The summed E-state index contributed by atoms with van der Waals surface area (Å²) in [6.45, 7) is 0. The summed E-state index contributed by atoms with van der Waals surface area (Å²) >= 11 is 3.30. The second-order valence-corrected chi connectivity index (χ2v) is 4.17. The number of pyridine rings is 1. The van der Waals surface area contributed by atoms with Crippen LogP contribution < -0.4 is 5.73 Å². The van der Waals surface area contributed by atoms with Crippen LogP contribution in [0.5, 0.6) is 0 Å². The van der Waals surface area contributed by atoms with E-state index in [4.69, 9.17) is 11.0 Å². The van der Waals surface area contributed by atoms with Crippen molar-refractivity contribution in [2.75, 3.05) is 5.73 Å². The fourth-order valence-electron chi connectivity index (χ4n) is 1.43. The highest BCUT2D eigenvalue weighted by atomic mass is 79.9. The Morgan fingerprint density at radius 1 is 1.29 bits per heavy atom. The summed E-state index contributed by atoms with van der Waals surface area (Å²) in [4.78, 5) is 4.14. The lowest BCUT2D eigenvalue weighted by Gasteiger charge is -2.06. The van der Waals surface area contributed by atoms with Crippen molar-refractivity contribution >= 4 is 21.7 Å². The highest BCUT2D eigenvalue weighted by Gasteiger charge is 2.11. The molecule has 2 rings (SSSR count). The van der Waals surface area contributed by atoms with Gasteiger partial charge in [-0.05, 0) is 46.3 Å². The number of nitrogens with zero attached hydrogens (tertiary/aromatic N) is 2. The molecule has 0 radical (unpaired) electrons. The number of hydrogen-bond donors (Lipinski definition) is 1. The SMILES string of the molecule is N#Cc1cc(N)nc(-c2ccc(F)cc2)c1Br. The maximum Gasteiger partial charge on any atom is 0.125 e. The number of anilines is 1. The summed E-state index contributed by atoms with van der Waals surface area (Å²) in [5.41, 5.74) is 7.24. The molecule has 3 nitrogen and oxygen atoms in total. The number of nitrogens with two attached hydrogens (primary N) is 1. The van der Waals surface area contributed by atoms with Crippen LogP contribution >= 0.6 is 15.9 Å². The van der Waals surface area contributed by atoms with E-state index in [-0.39, 0.29) is 11.6 Å². The summed E-state index contributed by atoms with van der Waals surface area (Å²) in [6, 6.07) is 9.34. The van der Waals surface area contributed by atoms with E-state index < -0.39 is 0 Å². The molecule has 0 aliphatic heterocycles. The summed E-state index contributed by atoms with van der Waals surface area (Å²) in [5, 5.41) is 8.94. The Hall–Kier alpha value is -1.93. The van der Waals surface area contributed by atoms with E-state index in [1.165, 1.54) is 18.2 Å². The molecule has 0 spiro atoms. The third kappa shape index (κ3) is 2.27. The molecule has 0 aliphatic rings. The Kier molecular flexibility index (Phi) is 3.07. The molecule has 0 atom stereocenters. The highest BCUT2D eigenvalue weighted by molar-refractivity contribution is 9.10. The molecule has 2 N–H and O–H groups in total. The topological polar surface area (TPSA) is 62.7 Å². The van der Waals surface area contributed by atoms with Crippen molar-refractivity contribution in [3.63, 3.8) is 0 Å². The van der Waals surface area contributed by atoms with Gasteiger partial charge in [0, 0.05) is 5.56 Å². The first-order valence-corrected chi connectivity index (χ1v) is 5.53. The van der Waals surface area contributed by atoms with Gasteiger partial charge in [0.25, 0.3) is 0 Å². The standard InChI is InChI=1S/C12H7BrFN3/c13-11-8(6-15)5-10(16)17-12(11)7-1-3-9(14)4-2-7/h1-5H,(H2,16,17). The van der Waals surface area contributed by atoms with Crippen LogP contribution in [-0.4, -0.2) is 4.98 Å². The first-order valence-electron chi connectivity index (χ1n) is 4.74. The maximum atomic E-state index is 12.8. The lowest BCUT2D eigenvalue weighted by molar-refractivity contribution is 0.628. The molecule has 0 saturated heterocycles. The van der Waals surface area contributed by atoms with Crippen LogP contribution in [0.25, 0.3) is 11.3 Å². The monoisotopic (exact) mass is 291 g/mol. The third-order valence-corrected chi connectivity index (χ3v) is 3.02. The number of aromatic nitrogens is 1. The lowest BCUT2D eigenvalue weighted by Crippen LogP contribution is -1.96. The average Bonchev–Trinajstić information content (AvgIpc) is 2.33. The zero-order valence-corrected chi connectivity index (χ0v) is 10.2. The predicted molar refractivity (Wildman–Crippen MR) is 66.5 cm³/mol. The van der Waals surface area contributed by atoms with Crippen LogP contribution in [0.15, 0.2) is 34.8 Å². The lowest BCUT2D eigenvalue weighted by atomic mass is 10.1. The van der Waals surface area contributed by atoms with Gasteiger partial charge in [-0.2, -0.15) is 5.26 Å². The molecule has 17 heavy (non-hydrogen) atoms. The molecular formula is C12H7BrFN3. The van der Waals surface area contributed by atoms with Crippen LogP contribution in [0.4, 0.5) is 10.2 Å². The van der Waals surface area contributed by atoms with Gasteiger partial charge in [-0.3, -0.25) is 0 Å². The Balaban J connectivity index is 2.63. The van der Waals surface area contributed by atoms with Crippen molar-refractivity contribution in [2.45, 2.75) is 0 Å². The molecule has 1 aromatic carbocycles. The van der Waals surface area contributed by atoms with Gasteiger partial charge in [0.1, 0.15) is 17.7 Å². The van der Waals surface area contributed by atoms with Gasteiger partial charge in [0.15, 0.2) is 0 Å². The fraction of sp³-hybridized carbons (Fsp3) is 0. The smallest absolute Gasteiger partial charge is 0.125 e. The molecule has 0 amide bonds. The summed E-state index contributed by atoms with van der Waals surface area (Å²) < 4.78 is 13.4. The Bertz CT molecular complexity index is 602. The molecule has 0 bridgehead atoms. The van der Waals surface area contributed by atoms with Crippen molar-refractivity contribution in [1.29, 1.82) is 5.26 Å². The molecule has 0 saturated carbocycles. The molecule has 0 unspecified atom stereocenters. The average molecular weight is 292 g/mol. The van der Waals surface area contributed by atoms with E-state index >= 15 is 0 Å². The zero-order chi connectivity index (χ0) is 12.4. The summed E-state index contributed by atoms with van der Waals surface area (Å²) in [5.74, 6) is -0.0710. The van der Waals surface area contributed by atoms with E-state index in [0.29, 0.717) is 21.3 Å². The summed E-state index contributed by atoms with van der Waals surface area (Å²) in [6.07, 6.45) is 0. The van der Waals surface area contributed by atoms with Gasteiger partial charge < -0.3 is 5.73 Å². The minimum absolute atomic E-state index is 0.254. The van der Waals surface area contributed by atoms with E-state index in [1.54, 1.807) is 12.1 Å². The van der Waals surface area contributed by atoms with E-state index in [9.17, 15) is 4.39 Å². The van der Waals surface area contributed by atoms with Gasteiger partial charge >= 0.3 is 0 Å². The maximum absolute atomic E-state index is 12.8. The van der Waals surface area contributed by atoms with E-state index in [0.717, 1.165) is 0 Å². The Morgan fingerprint density at radius 2 is 1.94 bits per heavy atom. The van der Waals surface area contributed by atoms with E-state index in [1.807, 2.05) is 6.07 Å². The van der Waals surface area contributed by atoms with Crippen LogP contribution in [0, 0.1) is 17.1 Å². The number of halogens is 2. The highest BCUT2D eigenvalue weighted by Crippen LogP contribution is 2.30. The Morgan fingerprint density at radius 3 is 2.53 bits per heavy atom. The third-order valence-electron chi connectivity index (χ3n) is 2.22. The van der Waals surface area contributed by atoms with Crippen molar-refractivity contribution in [2.24, 2.45) is 0 Å². The fourth-order valence-corrected chi connectivity index (χ4v) is 1.95. The van der Waals surface area contributed by atoms with Crippen molar-refractivity contribution in [3.8, 4) is 17.3 Å². The van der Waals surface area contributed by atoms with Gasteiger partial charge in [0.05, 0.1) is 15.7 Å². The largest absolute Gasteiger partial charge is 0.384 e. The molecule has 0 aliphatic carbocycles. The number of benzene rings is 1. The van der Waals surface area contributed by atoms with Crippen LogP contribution in [0.1, 0.15) is 5.56 Å². The number of rotatable bonds is 1. The van der Waals surface area contributed by atoms with Crippen molar-refractivity contribution in [3.05, 3.63) is 46.2 Å². The summed E-state index contributed by atoms with van der Waals surface area (Å²) in [7, 11) is 0. The number of hydrogen-bond acceptors (Lipinski definition) is 3. The van der Waals surface area contributed by atoms with Gasteiger partial charge in [0.2, 0.25) is 0 Å². The van der Waals surface area contributed by atoms with Crippen molar-refractivity contribution in [1.82, 2.24) is 4.98 Å². The molecule has 1 aromatic heterocycles. The molecule has 2 aromatic rings. The van der Waals surface area contributed by atoms with Crippen LogP contribution in [0.3, 0.4) is 0 Å². The molecule has 0 fully saturated rings. The van der Waals surface area contributed by atoms with Crippen LogP contribution in [0.2, 0.25) is 0 Å². The van der Waals surface area contributed by atoms with Crippen molar-refractivity contribution < 1.29 is 4.39 Å². The van der Waals surface area contributed by atoms with Crippen LogP contribution in [-0.2, 0) is 0 Å². The first-order chi connectivity index (χ1) is 8.11. The Labute approximate surface area is 106 Å². The number of nitriles is 1. The second-order valence-electron chi connectivity index (χ2n) is 3.38.